The monoisotopic (exact) mass is 218 g/mol. The van der Waals surface area contributed by atoms with E-state index in [-0.39, 0.29) is 6.04 Å². The molecule has 0 radical (unpaired) electrons. The van der Waals surface area contributed by atoms with Crippen LogP contribution in [0, 0.1) is 13.8 Å². The molecule has 0 heterocycles. The van der Waals surface area contributed by atoms with Gasteiger partial charge < -0.3 is 0 Å². The Labute approximate surface area is 98.5 Å². The molecule has 0 aliphatic rings. The molecule has 1 unspecified atom stereocenters. The number of aryl methyl sites for hydroxylation is 2. The minimum Gasteiger partial charge on any atom is -0.271 e. The van der Waals surface area contributed by atoms with Crippen LogP contribution in [0.3, 0.4) is 0 Å². The molecule has 3 N–H and O–H groups in total. The molecule has 2 nitrogen and oxygen atoms in total. The van der Waals surface area contributed by atoms with Gasteiger partial charge in [-0.2, -0.15) is 0 Å². The third kappa shape index (κ3) is 4.17. The minimum atomic E-state index is 0.214. The lowest BCUT2D eigenvalue weighted by atomic mass is 10.0. The molecule has 0 spiro atoms. The van der Waals surface area contributed by atoms with Gasteiger partial charge >= 0.3 is 0 Å². The molecule has 0 bridgehead atoms. The van der Waals surface area contributed by atoms with Crippen molar-refractivity contribution in [2.75, 3.05) is 0 Å². The molecule has 0 aromatic heterocycles. The lowest BCUT2D eigenvalue weighted by Crippen LogP contribution is -2.35. The number of hydrogen-bond acceptors (Lipinski definition) is 2. The SMILES string of the molecule is CC(C)=CC(Cc1cc(C)cc(C)c1)NN. The summed E-state index contributed by atoms with van der Waals surface area (Å²) in [5.41, 5.74) is 8.08. The van der Waals surface area contributed by atoms with Crippen molar-refractivity contribution in [3.05, 3.63) is 46.5 Å². The zero-order valence-electron chi connectivity index (χ0n) is 10.7. The molecule has 2 heteroatoms. The smallest absolute Gasteiger partial charge is 0.0433 e. The highest BCUT2D eigenvalue weighted by Crippen LogP contribution is 2.11. The largest absolute Gasteiger partial charge is 0.271 e. The second-order valence-electron chi connectivity index (χ2n) is 4.72. The quantitative estimate of drug-likeness (QED) is 0.463. The van der Waals surface area contributed by atoms with Crippen LogP contribution in [0.1, 0.15) is 30.5 Å². The summed E-state index contributed by atoms with van der Waals surface area (Å²) in [7, 11) is 0. The fourth-order valence-corrected chi connectivity index (χ4v) is 2.01. The zero-order valence-corrected chi connectivity index (χ0v) is 10.7. The lowest BCUT2D eigenvalue weighted by molar-refractivity contribution is 0.613. The summed E-state index contributed by atoms with van der Waals surface area (Å²) in [5.74, 6) is 5.55. The molecule has 0 saturated heterocycles. The molecular weight excluding hydrogens is 196 g/mol. The van der Waals surface area contributed by atoms with Crippen molar-refractivity contribution in [3.8, 4) is 0 Å². The van der Waals surface area contributed by atoms with Crippen molar-refractivity contribution < 1.29 is 0 Å². The molecule has 0 aliphatic carbocycles. The van der Waals surface area contributed by atoms with Gasteiger partial charge in [0.2, 0.25) is 0 Å². The second-order valence-corrected chi connectivity index (χ2v) is 4.72. The van der Waals surface area contributed by atoms with E-state index in [2.05, 4.69) is 57.4 Å². The molecule has 16 heavy (non-hydrogen) atoms. The number of hydrazine groups is 1. The Hall–Kier alpha value is -1.12. The van der Waals surface area contributed by atoms with Crippen LogP contribution in [0.2, 0.25) is 0 Å². The molecule has 0 saturated carbocycles. The van der Waals surface area contributed by atoms with Crippen molar-refractivity contribution in [1.82, 2.24) is 5.43 Å². The zero-order chi connectivity index (χ0) is 12.1. The summed E-state index contributed by atoms with van der Waals surface area (Å²) in [5, 5.41) is 0. The number of hydrogen-bond donors (Lipinski definition) is 2. The van der Waals surface area contributed by atoms with Gasteiger partial charge in [0.1, 0.15) is 0 Å². The number of benzene rings is 1. The highest BCUT2D eigenvalue weighted by molar-refractivity contribution is 5.29. The molecule has 1 aromatic rings. The molecule has 0 aliphatic heterocycles. The fourth-order valence-electron chi connectivity index (χ4n) is 2.01. The van der Waals surface area contributed by atoms with E-state index in [0.29, 0.717) is 0 Å². The second kappa shape index (κ2) is 5.83. The Kier molecular flexibility index (Phi) is 4.71. The van der Waals surface area contributed by atoms with Crippen molar-refractivity contribution in [1.29, 1.82) is 0 Å². The average molecular weight is 218 g/mol. The van der Waals surface area contributed by atoms with E-state index in [0.717, 1.165) is 6.42 Å². The summed E-state index contributed by atoms with van der Waals surface area (Å²) in [6.07, 6.45) is 3.10. The molecule has 1 atom stereocenters. The lowest BCUT2D eigenvalue weighted by Gasteiger charge is -2.13. The van der Waals surface area contributed by atoms with Crippen LogP contribution in [-0.2, 0) is 6.42 Å². The van der Waals surface area contributed by atoms with Crippen molar-refractivity contribution in [2.45, 2.75) is 40.2 Å². The third-order valence-electron chi connectivity index (χ3n) is 2.49. The van der Waals surface area contributed by atoms with Crippen LogP contribution < -0.4 is 11.3 Å². The topological polar surface area (TPSA) is 38.0 Å². The Morgan fingerprint density at radius 1 is 1.25 bits per heavy atom. The van der Waals surface area contributed by atoms with Crippen LogP contribution in [0.15, 0.2) is 29.8 Å². The van der Waals surface area contributed by atoms with E-state index in [9.17, 15) is 0 Å². The molecule has 1 aromatic carbocycles. The maximum atomic E-state index is 5.55. The molecule has 88 valence electrons. The summed E-state index contributed by atoms with van der Waals surface area (Å²) in [4.78, 5) is 0. The Balaban J connectivity index is 2.81. The normalized spacial score (nSPS) is 12.3. The summed E-state index contributed by atoms with van der Waals surface area (Å²) in [6.45, 7) is 8.43. The highest BCUT2D eigenvalue weighted by Gasteiger charge is 2.05. The molecule has 0 fully saturated rings. The van der Waals surface area contributed by atoms with E-state index in [1.54, 1.807) is 0 Å². The van der Waals surface area contributed by atoms with Crippen LogP contribution in [0.5, 0.6) is 0 Å². The van der Waals surface area contributed by atoms with Crippen LogP contribution in [0.25, 0.3) is 0 Å². The van der Waals surface area contributed by atoms with E-state index < -0.39 is 0 Å². The predicted molar refractivity (Wildman–Crippen MR) is 70.2 cm³/mol. The van der Waals surface area contributed by atoms with E-state index in [4.69, 9.17) is 5.84 Å². The van der Waals surface area contributed by atoms with Gasteiger partial charge in [0.05, 0.1) is 0 Å². The van der Waals surface area contributed by atoms with Gasteiger partial charge in [0.15, 0.2) is 0 Å². The van der Waals surface area contributed by atoms with Crippen molar-refractivity contribution in [3.63, 3.8) is 0 Å². The van der Waals surface area contributed by atoms with Gasteiger partial charge in [-0.3, -0.25) is 11.3 Å². The molecule has 0 amide bonds. The average Bonchev–Trinajstić information content (AvgIpc) is 2.14. The standard InChI is InChI=1S/C14H22N2/c1-10(2)5-14(16-15)9-13-7-11(3)6-12(4)8-13/h5-8,14,16H,9,15H2,1-4H3. The first-order valence-electron chi connectivity index (χ1n) is 5.69. The first-order chi connectivity index (χ1) is 7.51. The van der Waals surface area contributed by atoms with Crippen LogP contribution in [-0.4, -0.2) is 6.04 Å². The van der Waals surface area contributed by atoms with Gasteiger partial charge in [-0.1, -0.05) is 41.0 Å². The van der Waals surface area contributed by atoms with Crippen molar-refractivity contribution >= 4 is 0 Å². The third-order valence-corrected chi connectivity index (χ3v) is 2.49. The van der Waals surface area contributed by atoms with Gasteiger partial charge in [0.25, 0.3) is 0 Å². The first kappa shape index (κ1) is 12.9. The Bertz CT molecular complexity index is 356. The van der Waals surface area contributed by atoms with Gasteiger partial charge in [-0.05, 0) is 39.7 Å². The first-order valence-corrected chi connectivity index (χ1v) is 5.69. The summed E-state index contributed by atoms with van der Waals surface area (Å²) in [6, 6.07) is 6.84. The Morgan fingerprint density at radius 3 is 2.25 bits per heavy atom. The number of allylic oxidation sites excluding steroid dienone is 1. The maximum Gasteiger partial charge on any atom is 0.0433 e. The number of rotatable bonds is 4. The van der Waals surface area contributed by atoms with Crippen molar-refractivity contribution in [2.24, 2.45) is 5.84 Å². The Morgan fingerprint density at radius 2 is 1.81 bits per heavy atom. The highest BCUT2D eigenvalue weighted by atomic mass is 15.2. The van der Waals surface area contributed by atoms with E-state index in [1.165, 1.54) is 22.3 Å². The predicted octanol–water partition coefficient (Wildman–Crippen LogP) is 2.64. The van der Waals surface area contributed by atoms with Gasteiger partial charge in [-0.25, -0.2) is 0 Å². The van der Waals surface area contributed by atoms with E-state index >= 15 is 0 Å². The summed E-state index contributed by atoms with van der Waals surface area (Å²) < 4.78 is 0. The van der Waals surface area contributed by atoms with E-state index in [1.807, 2.05) is 0 Å². The molecule has 1 rings (SSSR count). The van der Waals surface area contributed by atoms with Crippen LogP contribution in [0.4, 0.5) is 0 Å². The van der Waals surface area contributed by atoms with Crippen LogP contribution >= 0.6 is 0 Å². The number of nitrogens with two attached hydrogens (primary N) is 1. The summed E-state index contributed by atoms with van der Waals surface area (Å²) >= 11 is 0. The van der Waals surface area contributed by atoms with Gasteiger partial charge in [0, 0.05) is 6.04 Å². The minimum absolute atomic E-state index is 0.214. The number of nitrogens with one attached hydrogen (secondary N) is 1. The van der Waals surface area contributed by atoms with Gasteiger partial charge in [-0.15, -0.1) is 0 Å². The maximum absolute atomic E-state index is 5.55. The fraction of sp³-hybridized carbons (Fsp3) is 0.429. The molecular formula is C14H22N2.